The number of benzene rings is 4. The van der Waals surface area contributed by atoms with Crippen LogP contribution in [0.1, 0.15) is 33.4 Å². The molecule has 4 rings (SSSR count). The van der Waals surface area contributed by atoms with Gasteiger partial charge in [0.1, 0.15) is 11.5 Å². The van der Waals surface area contributed by atoms with Gasteiger partial charge >= 0.3 is 0 Å². The molecule has 0 fully saturated rings. The molecule has 0 heterocycles. The molecule has 0 saturated carbocycles. The quantitative estimate of drug-likeness (QED) is 0.322. The number of hydrogen-bond acceptors (Lipinski definition) is 4. The Hall–Kier alpha value is -4.80. The lowest BCUT2D eigenvalue weighted by molar-refractivity contribution is 0.414. The summed E-state index contributed by atoms with van der Waals surface area (Å²) in [6.45, 7) is 0. The van der Waals surface area contributed by atoms with Crippen LogP contribution in [0, 0.1) is 22.7 Å². The van der Waals surface area contributed by atoms with Gasteiger partial charge in [0, 0.05) is 0 Å². The van der Waals surface area contributed by atoms with Crippen LogP contribution in [0.25, 0.3) is 11.1 Å². The molecule has 0 spiro atoms. The SMILES string of the molecule is COc1ccc(C(=C(c2ccc(C#N)cc2)c2ccc(C#N)cc2)c2ccc(OC)cc2)cc1. The highest BCUT2D eigenvalue weighted by Gasteiger charge is 2.17. The molecule has 164 valence electrons. The van der Waals surface area contributed by atoms with Crippen molar-refractivity contribution in [1.29, 1.82) is 10.5 Å². The molecular weight excluding hydrogens is 420 g/mol. The van der Waals surface area contributed by atoms with Gasteiger partial charge in [-0.2, -0.15) is 10.5 Å². The first-order valence-corrected chi connectivity index (χ1v) is 10.7. The van der Waals surface area contributed by atoms with Crippen molar-refractivity contribution in [2.45, 2.75) is 0 Å². The Balaban J connectivity index is 2.05. The normalized spacial score (nSPS) is 10.0. The van der Waals surface area contributed by atoms with Gasteiger partial charge < -0.3 is 9.47 Å². The zero-order valence-corrected chi connectivity index (χ0v) is 18.9. The summed E-state index contributed by atoms with van der Waals surface area (Å²) in [6, 6.07) is 35.4. The summed E-state index contributed by atoms with van der Waals surface area (Å²) in [5, 5.41) is 18.6. The van der Waals surface area contributed by atoms with E-state index < -0.39 is 0 Å². The number of ether oxygens (including phenoxy) is 2. The third-order valence-corrected chi connectivity index (χ3v) is 5.61. The van der Waals surface area contributed by atoms with Gasteiger partial charge in [0.05, 0.1) is 37.5 Å². The second-order valence-electron chi connectivity index (χ2n) is 7.59. The van der Waals surface area contributed by atoms with E-state index in [0.717, 1.165) is 44.9 Å². The topological polar surface area (TPSA) is 66.0 Å². The standard InChI is InChI=1S/C30H22N2O2/c1-33-27-15-11-25(12-16-27)30(26-13-17-28(34-2)18-14-26)29(23-7-3-21(19-31)4-8-23)24-9-5-22(20-32)6-10-24/h3-18H,1-2H3. The fraction of sp³-hybridized carbons (Fsp3) is 0.0667. The number of nitriles is 2. The van der Waals surface area contributed by atoms with Gasteiger partial charge in [0.15, 0.2) is 0 Å². The summed E-state index contributed by atoms with van der Waals surface area (Å²) in [4.78, 5) is 0. The van der Waals surface area contributed by atoms with Crippen LogP contribution in [0.15, 0.2) is 97.1 Å². The second kappa shape index (κ2) is 10.2. The minimum Gasteiger partial charge on any atom is -0.497 e. The van der Waals surface area contributed by atoms with E-state index in [0.29, 0.717) is 11.1 Å². The van der Waals surface area contributed by atoms with E-state index in [9.17, 15) is 10.5 Å². The fourth-order valence-corrected chi connectivity index (χ4v) is 3.85. The third-order valence-electron chi connectivity index (χ3n) is 5.61. The van der Waals surface area contributed by atoms with E-state index in [2.05, 4.69) is 12.1 Å². The summed E-state index contributed by atoms with van der Waals surface area (Å²) in [5.74, 6) is 1.55. The number of hydrogen-bond donors (Lipinski definition) is 0. The highest BCUT2D eigenvalue weighted by molar-refractivity contribution is 6.04. The van der Waals surface area contributed by atoms with E-state index in [4.69, 9.17) is 9.47 Å². The van der Waals surface area contributed by atoms with Crippen molar-refractivity contribution in [3.63, 3.8) is 0 Å². The molecule has 0 aliphatic carbocycles. The summed E-state index contributed by atoms with van der Waals surface area (Å²) in [6.07, 6.45) is 0. The molecule has 0 radical (unpaired) electrons. The van der Waals surface area contributed by atoms with Crippen molar-refractivity contribution in [3.8, 4) is 23.6 Å². The summed E-state index contributed by atoms with van der Waals surface area (Å²) < 4.78 is 10.7. The highest BCUT2D eigenvalue weighted by Crippen LogP contribution is 2.38. The van der Waals surface area contributed by atoms with Gasteiger partial charge in [-0.25, -0.2) is 0 Å². The van der Waals surface area contributed by atoms with Crippen LogP contribution < -0.4 is 9.47 Å². The lowest BCUT2D eigenvalue weighted by Gasteiger charge is -2.19. The first kappa shape index (κ1) is 22.4. The van der Waals surface area contributed by atoms with Crippen LogP contribution in [0.2, 0.25) is 0 Å². The molecule has 0 atom stereocenters. The van der Waals surface area contributed by atoms with Crippen molar-refractivity contribution in [2.24, 2.45) is 0 Å². The van der Waals surface area contributed by atoms with Gasteiger partial charge in [-0.3, -0.25) is 0 Å². The fourth-order valence-electron chi connectivity index (χ4n) is 3.85. The third kappa shape index (κ3) is 4.67. The van der Waals surface area contributed by atoms with Gasteiger partial charge in [-0.15, -0.1) is 0 Å². The van der Waals surface area contributed by atoms with E-state index in [1.165, 1.54) is 0 Å². The van der Waals surface area contributed by atoms with Gasteiger partial charge in [0.25, 0.3) is 0 Å². The molecule has 4 aromatic rings. The first-order chi connectivity index (χ1) is 16.7. The predicted molar refractivity (Wildman–Crippen MR) is 133 cm³/mol. The lowest BCUT2D eigenvalue weighted by Crippen LogP contribution is -1.98. The molecule has 4 aromatic carbocycles. The van der Waals surface area contributed by atoms with Crippen LogP contribution >= 0.6 is 0 Å². The average Bonchev–Trinajstić information content (AvgIpc) is 2.92. The van der Waals surface area contributed by atoms with Gasteiger partial charge in [0.2, 0.25) is 0 Å². The minimum absolute atomic E-state index is 0.596. The molecule has 0 aliphatic heterocycles. The van der Waals surface area contributed by atoms with Crippen molar-refractivity contribution >= 4 is 11.1 Å². The van der Waals surface area contributed by atoms with Crippen molar-refractivity contribution in [1.82, 2.24) is 0 Å². The Morgan fingerprint density at radius 3 is 0.971 bits per heavy atom. The van der Waals surface area contributed by atoms with E-state index in [1.807, 2.05) is 97.1 Å². The smallest absolute Gasteiger partial charge is 0.118 e. The van der Waals surface area contributed by atoms with Gasteiger partial charge in [-0.1, -0.05) is 48.5 Å². The highest BCUT2D eigenvalue weighted by atomic mass is 16.5. The molecule has 0 aromatic heterocycles. The van der Waals surface area contributed by atoms with E-state index in [-0.39, 0.29) is 0 Å². The average molecular weight is 443 g/mol. The molecule has 0 saturated heterocycles. The summed E-state index contributed by atoms with van der Waals surface area (Å²) in [7, 11) is 3.29. The largest absolute Gasteiger partial charge is 0.497 e. The predicted octanol–water partition coefficient (Wildman–Crippen LogP) is 6.45. The minimum atomic E-state index is 0.596. The molecule has 0 N–H and O–H groups in total. The molecule has 0 unspecified atom stereocenters. The van der Waals surface area contributed by atoms with E-state index >= 15 is 0 Å². The number of nitrogens with zero attached hydrogens (tertiary/aromatic N) is 2. The number of rotatable bonds is 6. The maximum absolute atomic E-state index is 9.29. The maximum Gasteiger partial charge on any atom is 0.118 e. The maximum atomic E-state index is 9.29. The number of methoxy groups -OCH3 is 2. The molecule has 4 nitrogen and oxygen atoms in total. The second-order valence-corrected chi connectivity index (χ2v) is 7.59. The Bertz CT molecular complexity index is 1280. The van der Waals surface area contributed by atoms with Crippen LogP contribution in [0.3, 0.4) is 0 Å². The molecular formula is C30H22N2O2. The summed E-state index contributed by atoms with van der Waals surface area (Å²) >= 11 is 0. The Kier molecular flexibility index (Phi) is 6.73. The molecule has 0 aliphatic rings. The van der Waals surface area contributed by atoms with Crippen LogP contribution in [-0.4, -0.2) is 14.2 Å². The monoisotopic (exact) mass is 442 g/mol. The Morgan fingerprint density at radius 2 is 0.735 bits per heavy atom. The van der Waals surface area contributed by atoms with Crippen molar-refractivity contribution < 1.29 is 9.47 Å². The molecule has 0 bridgehead atoms. The molecule has 0 amide bonds. The van der Waals surface area contributed by atoms with Crippen LogP contribution in [-0.2, 0) is 0 Å². The Labute approximate surface area is 199 Å². The summed E-state index contributed by atoms with van der Waals surface area (Å²) in [5.41, 5.74) is 7.14. The zero-order chi connectivity index (χ0) is 23.9. The molecule has 4 heteroatoms. The van der Waals surface area contributed by atoms with Crippen LogP contribution in [0.4, 0.5) is 0 Å². The van der Waals surface area contributed by atoms with Gasteiger partial charge in [-0.05, 0) is 81.9 Å². The van der Waals surface area contributed by atoms with Crippen molar-refractivity contribution in [2.75, 3.05) is 14.2 Å². The zero-order valence-electron chi connectivity index (χ0n) is 18.9. The van der Waals surface area contributed by atoms with E-state index in [1.54, 1.807) is 14.2 Å². The van der Waals surface area contributed by atoms with Crippen LogP contribution in [0.5, 0.6) is 11.5 Å². The first-order valence-electron chi connectivity index (χ1n) is 10.7. The Morgan fingerprint density at radius 1 is 0.471 bits per heavy atom. The van der Waals surface area contributed by atoms with Crippen molar-refractivity contribution in [3.05, 3.63) is 130 Å². The lowest BCUT2D eigenvalue weighted by atomic mass is 9.85. The molecule has 34 heavy (non-hydrogen) atoms.